The molecule has 1 aromatic carbocycles. The average Bonchev–Trinajstić information content (AvgIpc) is 2.25. The van der Waals surface area contributed by atoms with Gasteiger partial charge >= 0.3 is 6.18 Å². The Morgan fingerprint density at radius 1 is 1.39 bits per heavy atom. The van der Waals surface area contributed by atoms with Gasteiger partial charge in [-0.2, -0.15) is 13.2 Å². The van der Waals surface area contributed by atoms with E-state index in [1.165, 1.54) is 25.3 Å². The maximum Gasteiger partial charge on any atom is 0.416 e. The van der Waals surface area contributed by atoms with Gasteiger partial charge in [-0.1, -0.05) is 11.6 Å². The fourth-order valence-electron chi connectivity index (χ4n) is 1.34. The molecule has 0 spiro atoms. The zero-order chi connectivity index (χ0) is 13.2. The molecule has 0 aliphatic rings. The van der Waals surface area contributed by atoms with E-state index in [1.807, 2.05) is 0 Å². The second kappa shape index (κ2) is 6.47. The lowest BCUT2D eigenvalue weighted by atomic mass is 10.0. The van der Waals surface area contributed by atoms with Gasteiger partial charge in [0.2, 0.25) is 0 Å². The van der Waals surface area contributed by atoms with Crippen LogP contribution >= 0.6 is 24.0 Å². The first-order chi connectivity index (χ1) is 7.77. The number of benzene rings is 1. The molecule has 0 amide bonds. The first kappa shape index (κ1) is 17.3. The van der Waals surface area contributed by atoms with Gasteiger partial charge in [0, 0.05) is 10.6 Å². The van der Waals surface area contributed by atoms with Crippen molar-refractivity contribution in [3.05, 3.63) is 28.8 Å². The number of alkyl halides is 3. The van der Waals surface area contributed by atoms with E-state index in [4.69, 9.17) is 27.2 Å². The highest BCUT2D eigenvalue weighted by molar-refractivity contribution is 6.30. The van der Waals surface area contributed by atoms with Crippen LogP contribution in [0.1, 0.15) is 11.6 Å². The first-order valence-corrected chi connectivity index (χ1v) is 4.99. The van der Waals surface area contributed by atoms with E-state index in [1.54, 1.807) is 0 Å². The van der Waals surface area contributed by atoms with Crippen molar-refractivity contribution in [3.63, 3.8) is 0 Å². The minimum atomic E-state index is -4.80. The van der Waals surface area contributed by atoms with Crippen molar-refractivity contribution in [2.45, 2.75) is 18.3 Å². The summed E-state index contributed by atoms with van der Waals surface area (Å²) in [7, 11) is 1.29. The van der Waals surface area contributed by atoms with Gasteiger partial charge in [0.25, 0.3) is 0 Å². The monoisotopic (exact) mass is 305 g/mol. The third-order valence-electron chi connectivity index (χ3n) is 2.23. The molecule has 18 heavy (non-hydrogen) atoms. The molecule has 104 valence electrons. The van der Waals surface area contributed by atoms with E-state index in [-0.39, 0.29) is 28.7 Å². The van der Waals surface area contributed by atoms with Crippen LogP contribution in [0, 0.1) is 0 Å². The Bertz CT molecular complexity index is 401. The fraction of sp³-hybridized carbons (Fsp3) is 0.400. The molecule has 3 N–H and O–H groups in total. The molecular formula is C10H12Cl2F3NO2. The average molecular weight is 306 g/mol. The number of aliphatic hydroxyl groups is 1. The molecule has 8 heteroatoms. The van der Waals surface area contributed by atoms with Crippen LogP contribution in [0.3, 0.4) is 0 Å². The van der Waals surface area contributed by atoms with E-state index >= 15 is 0 Å². The molecule has 0 aliphatic carbocycles. The topological polar surface area (TPSA) is 55.5 Å². The van der Waals surface area contributed by atoms with Crippen molar-refractivity contribution in [1.29, 1.82) is 0 Å². The molecule has 1 aromatic rings. The van der Waals surface area contributed by atoms with Crippen molar-refractivity contribution < 1.29 is 23.0 Å². The Balaban J connectivity index is 0.00000289. The van der Waals surface area contributed by atoms with Crippen LogP contribution in [0.15, 0.2) is 18.2 Å². The van der Waals surface area contributed by atoms with E-state index < -0.39 is 18.3 Å². The lowest BCUT2D eigenvalue weighted by Gasteiger charge is -2.23. The second-order valence-electron chi connectivity index (χ2n) is 3.40. The van der Waals surface area contributed by atoms with Crippen LogP contribution in [-0.4, -0.2) is 24.5 Å². The quantitative estimate of drug-likeness (QED) is 0.903. The molecule has 0 heterocycles. The van der Waals surface area contributed by atoms with Gasteiger partial charge in [-0.05, 0) is 18.2 Å². The summed E-state index contributed by atoms with van der Waals surface area (Å²) >= 11 is 5.66. The van der Waals surface area contributed by atoms with Crippen molar-refractivity contribution >= 4 is 24.0 Å². The highest BCUT2D eigenvalue weighted by Crippen LogP contribution is 2.34. The summed E-state index contributed by atoms with van der Waals surface area (Å²) in [6, 6.07) is 2.43. The highest BCUT2D eigenvalue weighted by Gasteiger charge is 2.43. The van der Waals surface area contributed by atoms with Gasteiger partial charge in [-0.3, -0.25) is 0 Å². The van der Waals surface area contributed by atoms with Crippen LogP contribution in [0.25, 0.3) is 0 Å². The number of hydrogen-bond acceptors (Lipinski definition) is 3. The number of hydrogen-bond donors (Lipinski definition) is 2. The van der Waals surface area contributed by atoms with E-state index in [9.17, 15) is 13.2 Å². The molecule has 0 unspecified atom stereocenters. The number of rotatable bonds is 3. The normalized spacial score (nSPS) is 14.6. The summed E-state index contributed by atoms with van der Waals surface area (Å²) in [4.78, 5) is 0. The van der Waals surface area contributed by atoms with Gasteiger partial charge in [0.1, 0.15) is 5.75 Å². The lowest BCUT2D eigenvalue weighted by Crippen LogP contribution is -2.39. The highest BCUT2D eigenvalue weighted by atomic mass is 35.5. The summed E-state index contributed by atoms with van der Waals surface area (Å²) in [6.45, 7) is 0. The van der Waals surface area contributed by atoms with Crippen LogP contribution < -0.4 is 10.5 Å². The Morgan fingerprint density at radius 3 is 2.39 bits per heavy atom. The summed E-state index contributed by atoms with van der Waals surface area (Å²) in [5.74, 6) is 0.144. The van der Waals surface area contributed by atoms with Crippen LogP contribution in [0.2, 0.25) is 5.02 Å². The molecule has 3 nitrogen and oxygen atoms in total. The Kier molecular flexibility index (Phi) is 6.22. The van der Waals surface area contributed by atoms with Crippen molar-refractivity contribution in [1.82, 2.24) is 0 Å². The van der Waals surface area contributed by atoms with Gasteiger partial charge in [-0.15, -0.1) is 12.4 Å². The smallest absolute Gasteiger partial charge is 0.416 e. The molecule has 0 fully saturated rings. The van der Waals surface area contributed by atoms with E-state index in [0.717, 1.165) is 0 Å². The third-order valence-corrected chi connectivity index (χ3v) is 2.46. The summed E-state index contributed by atoms with van der Waals surface area (Å²) in [6.07, 6.45) is -7.47. The van der Waals surface area contributed by atoms with Crippen molar-refractivity contribution in [2.24, 2.45) is 5.73 Å². The predicted octanol–water partition coefficient (Wildman–Crippen LogP) is 2.69. The molecule has 0 aliphatic heterocycles. The summed E-state index contributed by atoms with van der Waals surface area (Å²) in [5, 5.41) is 9.28. The van der Waals surface area contributed by atoms with Gasteiger partial charge in [0.15, 0.2) is 6.10 Å². The Morgan fingerprint density at radius 2 is 1.94 bits per heavy atom. The van der Waals surface area contributed by atoms with E-state index in [0.29, 0.717) is 0 Å². The van der Waals surface area contributed by atoms with Crippen molar-refractivity contribution in [3.8, 4) is 5.75 Å². The standard InChI is InChI=1S/C10H11ClF3NO2.ClH/c1-17-7-3-2-5(11)4-6(7)8(15)9(16)10(12,13)14;/h2-4,8-9,16H,15H2,1H3;1H/t8-,9-;/m1./s1. The van der Waals surface area contributed by atoms with Crippen LogP contribution in [-0.2, 0) is 0 Å². The van der Waals surface area contributed by atoms with Crippen LogP contribution in [0.5, 0.6) is 5.75 Å². The number of nitrogens with two attached hydrogens (primary N) is 1. The van der Waals surface area contributed by atoms with Crippen molar-refractivity contribution in [2.75, 3.05) is 7.11 Å². The predicted molar refractivity (Wildman–Crippen MR) is 64.2 cm³/mol. The zero-order valence-electron chi connectivity index (χ0n) is 9.24. The fourth-order valence-corrected chi connectivity index (χ4v) is 1.52. The largest absolute Gasteiger partial charge is 0.496 e. The zero-order valence-corrected chi connectivity index (χ0v) is 10.8. The molecule has 0 saturated heterocycles. The molecular weight excluding hydrogens is 294 g/mol. The maximum atomic E-state index is 12.3. The molecule has 0 aromatic heterocycles. The Hall–Kier alpha value is -0.690. The minimum absolute atomic E-state index is 0. The summed E-state index contributed by atoms with van der Waals surface area (Å²) < 4.78 is 41.8. The lowest BCUT2D eigenvalue weighted by molar-refractivity contribution is -0.210. The molecule has 2 atom stereocenters. The minimum Gasteiger partial charge on any atom is -0.496 e. The molecule has 0 radical (unpaired) electrons. The van der Waals surface area contributed by atoms with E-state index in [2.05, 4.69) is 0 Å². The number of ether oxygens (including phenoxy) is 1. The van der Waals surface area contributed by atoms with Gasteiger partial charge in [0.05, 0.1) is 13.2 Å². The number of methoxy groups -OCH3 is 1. The third kappa shape index (κ3) is 3.91. The number of halogens is 5. The molecule has 0 bridgehead atoms. The molecule has 0 saturated carbocycles. The molecule has 1 rings (SSSR count). The van der Waals surface area contributed by atoms with Crippen LogP contribution in [0.4, 0.5) is 13.2 Å². The maximum absolute atomic E-state index is 12.3. The number of aliphatic hydroxyl groups excluding tert-OH is 1. The Labute approximate surface area is 113 Å². The SMILES string of the molecule is COc1ccc(Cl)cc1[C@@H](N)[C@@H](O)C(F)(F)F.Cl. The van der Waals surface area contributed by atoms with Gasteiger partial charge in [-0.25, -0.2) is 0 Å². The van der Waals surface area contributed by atoms with Gasteiger partial charge < -0.3 is 15.6 Å². The second-order valence-corrected chi connectivity index (χ2v) is 3.83. The first-order valence-electron chi connectivity index (χ1n) is 4.61. The summed E-state index contributed by atoms with van der Waals surface area (Å²) in [5.41, 5.74) is 5.37.